The van der Waals surface area contributed by atoms with Crippen molar-refractivity contribution in [2.75, 3.05) is 7.11 Å². The van der Waals surface area contributed by atoms with E-state index in [-0.39, 0.29) is 0 Å². The molecule has 1 aliphatic carbocycles. The molecule has 0 spiro atoms. The lowest BCUT2D eigenvalue weighted by atomic mass is 9.95. The van der Waals surface area contributed by atoms with Gasteiger partial charge in [-0.1, -0.05) is 19.3 Å². The monoisotopic (exact) mass is 333 g/mol. The lowest BCUT2D eigenvalue weighted by Crippen LogP contribution is -2.11. The average molecular weight is 333 g/mol. The highest BCUT2D eigenvalue weighted by Gasteiger charge is 2.17. The van der Waals surface area contributed by atoms with Crippen LogP contribution in [0.5, 0.6) is 5.75 Å². The molecule has 1 heterocycles. The molecule has 4 heteroatoms. The van der Waals surface area contributed by atoms with Gasteiger partial charge in [0.05, 0.1) is 30.2 Å². The van der Waals surface area contributed by atoms with Crippen LogP contribution in [0.2, 0.25) is 0 Å². The number of nitrogens with zero attached hydrogens (tertiary/aromatic N) is 3. The number of rotatable bonds is 4. The zero-order valence-electron chi connectivity index (χ0n) is 14.6. The molecule has 4 nitrogen and oxygen atoms in total. The lowest BCUT2D eigenvalue weighted by Gasteiger charge is -2.23. The number of aliphatic imine (C=N–C) groups is 1. The van der Waals surface area contributed by atoms with Gasteiger partial charge < -0.3 is 9.30 Å². The minimum Gasteiger partial charge on any atom is -0.497 e. The molecule has 0 saturated heterocycles. The molecule has 128 valence electrons. The number of methoxy groups -OCH3 is 1. The van der Waals surface area contributed by atoms with Crippen molar-refractivity contribution in [3.8, 4) is 5.75 Å². The van der Waals surface area contributed by atoms with Gasteiger partial charge in [0.15, 0.2) is 0 Å². The van der Waals surface area contributed by atoms with Gasteiger partial charge in [0.1, 0.15) is 5.75 Å². The summed E-state index contributed by atoms with van der Waals surface area (Å²) in [6.45, 7) is 0. The normalized spacial score (nSPS) is 15.9. The number of benzene rings is 2. The van der Waals surface area contributed by atoms with Crippen molar-refractivity contribution < 1.29 is 4.74 Å². The highest BCUT2D eigenvalue weighted by molar-refractivity contribution is 5.84. The van der Waals surface area contributed by atoms with E-state index in [9.17, 15) is 0 Å². The molecule has 0 aliphatic heterocycles. The third-order valence-corrected chi connectivity index (χ3v) is 5.00. The maximum Gasteiger partial charge on any atom is 0.118 e. The van der Waals surface area contributed by atoms with Crippen LogP contribution in [0.15, 0.2) is 53.8 Å². The molecule has 1 aliphatic rings. The molecule has 0 amide bonds. The zero-order chi connectivity index (χ0) is 17.1. The number of hydrogen-bond donors (Lipinski definition) is 0. The molecule has 1 fully saturated rings. The quantitative estimate of drug-likeness (QED) is 0.608. The van der Waals surface area contributed by atoms with E-state index >= 15 is 0 Å². The Balaban J connectivity index is 1.55. The molecule has 0 unspecified atom stereocenters. The summed E-state index contributed by atoms with van der Waals surface area (Å²) in [5.41, 5.74) is 4.22. The fourth-order valence-electron chi connectivity index (χ4n) is 3.59. The van der Waals surface area contributed by atoms with Crippen LogP contribution >= 0.6 is 0 Å². The van der Waals surface area contributed by atoms with Crippen molar-refractivity contribution in [3.05, 3.63) is 54.4 Å². The van der Waals surface area contributed by atoms with Crippen LogP contribution in [0.3, 0.4) is 0 Å². The Labute approximate surface area is 148 Å². The van der Waals surface area contributed by atoms with Gasteiger partial charge in [0.25, 0.3) is 0 Å². The second-order valence-corrected chi connectivity index (χ2v) is 6.65. The van der Waals surface area contributed by atoms with Crippen molar-refractivity contribution in [1.82, 2.24) is 9.55 Å². The van der Waals surface area contributed by atoms with Crippen LogP contribution in [0.1, 0.15) is 43.7 Å². The van der Waals surface area contributed by atoms with Gasteiger partial charge in [-0.25, -0.2) is 4.98 Å². The van der Waals surface area contributed by atoms with E-state index in [4.69, 9.17) is 4.74 Å². The number of aromatic nitrogens is 2. The third-order valence-electron chi connectivity index (χ3n) is 5.00. The van der Waals surface area contributed by atoms with E-state index < -0.39 is 0 Å². The molecule has 0 bridgehead atoms. The minimum absolute atomic E-state index is 0.604. The van der Waals surface area contributed by atoms with E-state index in [1.807, 2.05) is 36.8 Å². The first-order valence-corrected chi connectivity index (χ1v) is 8.98. The first kappa shape index (κ1) is 15.9. The Morgan fingerprint density at radius 3 is 2.64 bits per heavy atom. The molecule has 0 atom stereocenters. The van der Waals surface area contributed by atoms with Crippen molar-refractivity contribution in [2.24, 2.45) is 4.99 Å². The van der Waals surface area contributed by atoms with Crippen LogP contribution in [0.4, 0.5) is 5.69 Å². The third kappa shape index (κ3) is 3.43. The van der Waals surface area contributed by atoms with Gasteiger partial charge in [-0.3, -0.25) is 4.99 Å². The van der Waals surface area contributed by atoms with Gasteiger partial charge in [0, 0.05) is 12.3 Å². The molecule has 2 aromatic carbocycles. The van der Waals surface area contributed by atoms with Gasteiger partial charge in [-0.2, -0.15) is 0 Å². The van der Waals surface area contributed by atoms with Crippen molar-refractivity contribution >= 4 is 22.9 Å². The van der Waals surface area contributed by atoms with Crippen LogP contribution in [-0.2, 0) is 0 Å². The smallest absolute Gasteiger partial charge is 0.118 e. The van der Waals surface area contributed by atoms with Crippen LogP contribution < -0.4 is 4.74 Å². The summed E-state index contributed by atoms with van der Waals surface area (Å²) in [6.07, 6.45) is 10.4. The zero-order valence-corrected chi connectivity index (χ0v) is 14.6. The molecule has 1 aromatic heterocycles. The van der Waals surface area contributed by atoms with E-state index in [1.54, 1.807) is 7.11 Å². The summed E-state index contributed by atoms with van der Waals surface area (Å²) in [7, 11) is 1.67. The van der Waals surface area contributed by atoms with Crippen molar-refractivity contribution in [2.45, 2.75) is 38.1 Å². The van der Waals surface area contributed by atoms with E-state index in [0.29, 0.717) is 6.04 Å². The highest BCUT2D eigenvalue weighted by atomic mass is 16.5. The summed E-state index contributed by atoms with van der Waals surface area (Å²) in [5.74, 6) is 0.854. The lowest BCUT2D eigenvalue weighted by molar-refractivity contribution is 0.359. The minimum atomic E-state index is 0.604. The average Bonchev–Trinajstić information content (AvgIpc) is 3.10. The Morgan fingerprint density at radius 2 is 1.88 bits per heavy atom. The first-order chi connectivity index (χ1) is 12.3. The topological polar surface area (TPSA) is 39.4 Å². The molecule has 0 radical (unpaired) electrons. The number of imidazole rings is 1. The molecule has 25 heavy (non-hydrogen) atoms. The summed E-state index contributed by atoms with van der Waals surface area (Å²) in [4.78, 5) is 9.19. The summed E-state index contributed by atoms with van der Waals surface area (Å²) in [5, 5.41) is 0. The van der Waals surface area contributed by atoms with Crippen LogP contribution in [0.25, 0.3) is 11.0 Å². The van der Waals surface area contributed by atoms with Gasteiger partial charge in [0.2, 0.25) is 0 Å². The number of fused-ring (bicyclic) bond motifs is 1. The predicted molar refractivity (Wildman–Crippen MR) is 102 cm³/mol. The molecule has 0 N–H and O–H groups in total. The maximum atomic E-state index is 5.18. The second-order valence-electron chi connectivity index (χ2n) is 6.65. The maximum absolute atomic E-state index is 5.18. The second kappa shape index (κ2) is 7.09. The predicted octanol–water partition coefficient (Wildman–Crippen LogP) is 5.30. The van der Waals surface area contributed by atoms with Gasteiger partial charge in [-0.15, -0.1) is 0 Å². The van der Waals surface area contributed by atoms with Crippen molar-refractivity contribution in [1.29, 1.82) is 0 Å². The highest BCUT2D eigenvalue weighted by Crippen LogP contribution is 2.31. The van der Waals surface area contributed by atoms with E-state index in [0.717, 1.165) is 22.5 Å². The van der Waals surface area contributed by atoms with Crippen LogP contribution in [0, 0.1) is 0 Å². The van der Waals surface area contributed by atoms with Gasteiger partial charge in [-0.05, 0) is 60.9 Å². The molecule has 1 saturated carbocycles. The fourth-order valence-corrected chi connectivity index (χ4v) is 3.59. The fraction of sp³-hybridized carbons (Fsp3) is 0.333. The number of ether oxygens (including phenoxy) is 1. The summed E-state index contributed by atoms with van der Waals surface area (Å²) < 4.78 is 7.53. The summed E-state index contributed by atoms with van der Waals surface area (Å²) >= 11 is 0. The molecular formula is C21H23N3O. The summed E-state index contributed by atoms with van der Waals surface area (Å²) in [6, 6.07) is 14.8. The molecule has 4 rings (SSSR count). The SMILES string of the molecule is COc1ccc(C=Nc2ccc3c(c2)ncn3C2CCCCC2)cc1. The number of hydrogen-bond acceptors (Lipinski definition) is 3. The van der Waals surface area contributed by atoms with E-state index in [2.05, 4.69) is 32.7 Å². The molecule has 3 aromatic rings. The van der Waals surface area contributed by atoms with E-state index in [1.165, 1.54) is 37.6 Å². The standard InChI is InChI=1S/C21H23N3O/c1-25-19-10-7-16(8-11-19)14-22-17-9-12-21-20(13-17)23-15-24(21)18-5-3-2-4-6-18/h7-15,18H,2-6H2,1H3. The first-order valence-electron chi connectivity index (χ1n) is 8.98. The van der Waals surface area contributed by atoms with Gasteiger partial charge >= 0.3 is 0 Å². The Kier molecular flexibility index (Phi) is 4.51. The van der Waals surface area contributed by atoms with Crippen LogP contribution in [-0.4, -0.2) is 22.9 Å². The Morgan fingerprint density at radius 1 is 1.08 bits per heavy atom. The van der Waals surface area contributed by atoms with Crippen molar-refractivity contribution in [3.63, 3.8) is 0 Å². The Bertz CT molecular complexity index is 874. The largest absolute Gasteiger partial charge is 0.497 e. The molecular weight excluding hydrogens is 310 g/mol. The Hall–Kier alpha value is -2.62.